The summed E-state index contributed by atoms with van der Waals surface area (Å²) in [6, 6.07) is 11.1. The van der Waals surface area contributed by atoms with E-state index in [9.17, 15) is 5.11 Å². The van der Waals surface area contributed by atoms with Crippen molar-refractivity contribution >= 4 is 22.4 Å². The van der Waals surface area contributed by atoms with Crippen LogP contribution in [0.3, 0.4) is 0 Å². The molecule has 0 spiro atoms. The molecule has 0 aliphatic heterocycles. The van der Waals surface area contributed by atoms with Crippen LogP contribution in [-0.4, -0.2) is 27.3 Å². The average Bonchev–Trinajstić information content (AvgIpc) is 2.90. The van der Waals surface area contributed by atoms with Gasteiger partial charge in [0.25, 0.3) is 0 Å². The molecule has 40 heavy (non-hydrogen) atoms. The van der Waals surface area contributed by atoms with Crippen LogP contribution in [0.1, 0.15) is 80.1 Å². The zero-order chi connectivity index (χ0) is 28.4. The van der Waals surface area contributed by atoms with Gasteiger partial charge in [-0.15, -0.1) is 0 Å². The van der Waals surface area contributed by atoms with Crippen LogP contribution in [0, 0.1) is 35.5 Å². The van der Waals surface area contributed by atoms with Crippen LogP contribution in [0.25, 0.3) is 10.9 Å². The number of hydrogen-bond donors (Lipinski definition) is 2. The molecule has 2 saturated carbocycles. The van der Waals surface area contributed by atoms with E-state index >= 15 is 0 Å². The molecule has 1 heterocycles. The largest absolute Gasteiger partial charge is 0.508 e. The van der Waals surface area contributed by atoms with E-state index in [4.69, 9.17) is 9.47 Å². The molecule has 0 bridgehead atoms. The quantitative estimate of drug-likeness (QED) is 0.276. The topological polar surface area (TPSA) is 76.5 Å². The molecule has 1 aromatic heterocycles. The van der Waals surface area contributed by atoms with Crippen LogP contribution < -0.4 is 14.8 Å². The summed E-state index contributed by atoms with van der Waals surface area (Å²) in [5.41, 5.74) is 1.67. The van der Waals surface area contributed by atoms with Gasteiger partial charge in [0.15, 0.2) is 11.5 Å². The van der Waals surface area contributed by atoms with E-state index in [1.807, 2.05) is 12.1 Å². The van der Waals surface area contributed by atoms with Crippen molar-refractivity contribution in [1.82, 2.24) is 9.97 Å². The van der Waals surface area contributed by atoms with Crippen LogP contribution in [0.5, 0.6) is 17.2 Å². The smallest absolute Gasteiger partial charge is 0.163 e. The third kappa shape index (κ3) is 6.47. The zero-order valence-corrected chi connectivity index (χ0v) is 25.1. The number of phenols is 1. The lowest BCUT2D eigenvalue weighted by Gasteiger charge is -2.39. The molecule has 0 saturated heterocycles. The van der Waals surface area contributed by atoms with E-state index in [1.54, 1.807) is 18.5 Å². The van der Waals surface area contributed by atoms with Crippen molar-refractivity contribution in [3.63, 3.8) is 0 Å². The molecular formula is C34H47N3O3. The zero-order valence-electron chi connectivity index (χ0n) is 25.1. The Morgan fingerprint density at radius 3 is 1.88 bits per heavy atom. The Morgan fingerprint density at radius 2 is 1.32 bits per heavy atom. The Labute approximate surface area is 239 Å². The maximum atomic E-state index is 9.72. The minimum absolute atomic E-state index is 0.146. The first-order valence-electron chi connectivity index (χ1n) is 15.4. The SMILES string of the molecule is CC1CCC(C(C)C)C(Oc2cc3ncnc(Nc4ccc(O)cc4)c3cc2OC2CC(C)CCC2C(C)C)C1. The first-order chi connectivity index (χ1) is 19.2. The molecule has 2 aromatic carbocycles. The van der Waals surface area contributed by atoms with E-state index in [-0.39, 0.29) is 18.0 Å². The molecule has 2 N–H and O–H groups in total. The van der Waals surface area contributed by atoms with Gasteiger partial charge in [0.1, 0.15) is 30.1 Å². The second-order valence-corrected chi connectivity index (χ2v) is 13.2. The highest BCUT2D eigenvalue weighted by atomic mass is 16.5. The molecule has 2 aliphatic rings. The highest BCUT2D eigenvalue weighted by molar-refractivity contribution is 5.93. The molecular weight excluding hydrogens is 498 g/mol. The molecule has 6 nitrogen and oxygen atoms in total. The fourth-order valence-corrected chi connectivity index (χ4v) is 6.86. The van der Waals surface area contributed by atoms with Gasteiger partial charge in [-0.05, 0) is 91.5 Å². The number of fused-ring (bicyclic) bond motifs is 1. The van der Waals surface area contributed by atoms with Crippen molar-refractivity contribution in [3.8, 4) is 17.2 Å². The van der Waals surface area contributed by atoms with E-state index in [2.05, 4.69) is 69.0 Å². The number of rotatable bonds is 8. The van der Waals surface area contributed by atoms with Crippen molar-refractivity contribution in [2.24, 2.45) is 35.5 Å². The lowest BCUT2D eigenvalue weighted by molar-refractivity contribution is 0.0267. The molecule has 0 radical (unpaired) electrons. The van der Waals surface area contributed by atoms with E-state index in [1.165, 1.54) is 25.7 Å². The normalized spacial score (nSPS) is 27.2. The van der Waals surface area contributed by atoms with Crippen LogP contribution in [0.2, 0.25) is 0 Å². The number of nitrogens with zero attached hydrogens (tertiary/aromatic N) is 2. The second-order valence-electron chi connectivity index (χ2n) is 13.2. The molecule has 6 unspecified atom stereocenters. The molecule has 3 aromatic rings. The predicted octanol–water partition coefficient (Wildman–Crippen LogP) is 8.76. The fraction of sp³-hybridized carbons (Fsp3) is 0.588. The van der Waals surface area contributed by atoms with E-state index in [0.717, 1.165) is 40.9 Å². The maximum Gasteiger partial charge on any atom is 0.163 e. The number of nitrogens with one attached hydrogen (secondary N) is 1. The Balaban J connectivity index is 1.55. The predicted molar refractivity (Wildman–Crippen MR) is 162 cm³/mol. The van der Waals surface area contributed by atoms with Gasteiger partial charge in [-0.3, -0.25) is 0 Å². The summed E-state index contributed by atoms with van der Waals surface area (Å²) in [5.74, 6) is 5.98. The lowest BCUT2D eigenvalue weighted by Crippen LogP contribution is -2.37. The van der Waals surface area contributed by atoms with Crippen LogP contribution in [0.4, 0.5) is 11.5 Å². The van der Waals surface area contributed by atoms with Crippen molar-refractivity contribution in [1.29, 1.82) is 0 Å². The van der Waals surface area contributed by atoms with Gasteiger partial charge >= 0.3 is 0 Å². The Morgan fingerprint density at radius 1 is 0.775 bits per heavy atom. The summed E-state index contributed by atoms with van der Waals surface area (Å²) >= 11 is 0. The molecule has 216 valence electrons. The maximum absolute atomic E-state index is 9.72. The highest BCUT2D eigenvalue weighted by Gasteiger charge is 2.35. The number of benzene rings is 2. The van der Waals surface area contributed by atoms with Gasteiger partial charge in [0.2, 0.25) is 0 Å². The Hall–Kier alpha value is -3.02. The van der Waals surface area contributed by atoms with Gasteiger partial charge < -0.3 is 19.9 Å². The van der Waals surface area contributed by atoms with Crippen LogP contribution in [-0.2, 0) is 0 Å². The highest BCUT2D eigenvalue weighted by Crippen LogP contribution is 2.43. The first kappa shape index (κ1) is 28.5. The van der Waals surface area contributed by atoms with Gasteiger partial charge in [-0.1, -0.05) is 54.4 Å². The Bertz CT molecular complexity index is 1280. The molecule has 0 amide bonds. The minimum Gasteiger partial charge on any atom is -0.508 e. The van der Waals surface area contributed by atoms with Gasteiger partial charge in [-0.2, -0.15) is 0 Å². The monoisotopic (exact) mass is 545 g/mol. The standard InChI is InChI=1S/C34H47N3O3/c1-20(2)26-13-7-22(5)15-30(26)39-32-17-28-29(35-19-36-34(28)37-24-9-11-25(38)12-10-24)18-33(32)40-31-16-23(6)8-14-27(31)21(3)4/h9-12,17-23,26-27,30-31,38H,7-8,13-16H2,1-6H3,(H,35,36,37). The molecule has 2 aliphatic carbocycles. The summed E-state index contributed by atoms with van der Waals surface area (Å²) in [5, 5.41) is 14.0. The van der Waals surface area contributed by atoms with Crippen molar-refractivity contribution in [2.45, 2.75) is 92.3 Å². The number of phenolic OH excluding ortho intramolecular Hbond substituents is 1. The molecule has 6 atom stereocenters. The van der Waals surface area contributed by atoms with Crippen molar-refractivity contribution in [3.05, 3.63) is 42.7 Å². The van der Waals surface area contributed by atoms with Crippen molar-refractivity contribution < 1.29 is 14.6 Å². The van der Waals surface area contributed by atoms with Crippen LogP contribution in [0.15, 0.2) is 42.7 Å². The fourth-order valence-electron chi connectivity index (χ4n) is 6.86. The number of hydrogen-bond acceptors (Lipinski definition) is 6. The van der Waals surface area contributed by atoms with E-state index < -0.39 is 0 Å². The first-order valence-corrected chi connectivity index (χ1v) is 15.4. The van der Waals surface area contributed by atoms with Gasteiger partial charge in [0, 0.05) is 17.1 Å². The summed E-state index contributed by atoms with van der Waals surface area (Å²) < 4.78 is 13.9. The third-order valence-electron chi connectivity index (χ3n) is 9.31. The summed E-state index contributed by atoms with van der Waals surface area (Å²) in [6.07, 6.45) is 8.93. The van der Waals surface area contributed by atoms with E-state index in [0.29, 0.717) is 41.3 Å². The molecule has 5 rings (SSSR count). The van der Waals surface area contributed by atoms with Crippen molar-refractivity contribution in [2.75, 3.05) is 5.32 Å². The average molecular weight is 546 g/mol. The summed E-state index contributed by atoms with van der Waals surface area (Å²) in [7, 11) is 0. The van der Waals surface area contributed by atoms with Gasteiger partial charge in [-0.25, -0.2) is 9.97 Å². The summed E-state index contributed by atoms with van der Waals surface area (Å²) in [4.78, 5) is 9.21. The number of ether oxygens (including phenoxy) is 2. The second kappa shape index (κ2) is 12.2. The third-order valence-corrected chi connectivity index (χ3v) is 9.31. The lowest BCUT2D eigenvalue weighted by atomic mass is 9.75. The number of anilines is 2. The number of aromatic hydroxyl groups is 1. The van der Waals surface area contributed by atoms with Crippen LogP contribution >= 0.6 is 0 Å². The Kier molecular flexibility index (Phi) is 8.72. The molecule has 6 heteroatoms. The number of aromatic nitrogens is 2. The van der Waals surface area contributed by atoms with Gasteiger partial charge in [0.05, 0.1) is 5.52 Å². The minimum atomic E-state index is 0.146. The summed E-state index contributed by atoms with van der Waals surface area (Å²) in [6.45, 7) is 14.0. The molecule has 2 fully saturated rings.